The van der Waals surface area contributed by atoms with Gasteiger partial charge in [-0.05, 0) is 31.9 Å². The molecule has 0 aliphatic rings. The van der Waals surface area contributed by atoms with E-state index in [1.165, 1.54) is 7.11 Å². The Morgan fingerprint density at radius 2 is 2.05 bits per heavy atom. The van der Waals surface area contributed by atoms with Gasteiger partial charge in [-0.3, -0.25) is 0 Å². The third-order valence-electron chi connectivity index (χ3n) is 3.29. The summed E-state index contributed by atoms with van der Waals surface area (Å²) < 4.78 is 16.2. The minimum atomic E-state index is -1.02. The number of halogens is 1. The van der Waals surface area contributed by atoms with Crippen LogP contribution in [0.15, 0.2) is 18.2 Å². The van der Waals surface area contributed by atoms with Gasteiger partial charge in [-0.1, -0.05) is 31.9 Å². The first-order valence-electron chi connectivity index (χ1n) is 7.16. The second-order valence-corrected chi connectivity index (χ2v) is 5.38. The lowest BCUT2D eigenvalue weighted by Gasteiger charge is -2.26. The standard InChI is InChI=1S/C16H23ClO4/c1-5-7-10-20-14-11-12(8-9-13(14)17)21-16(3,6-2)15(18)19-4/h8-9,11H,5-7,10H2,1-4H3/t16-/m0/s1. The maximum absolute atomic E-state index is 11.8. The zero-order chi connectivity index (χ0) is 15.9. The normalized spacial score (nSPS) is 13.4. The summed E-state index contributed by atoms with van der Waals surface area (Å²) in [5, 5.41) is 0.523. The molecule has 0 amide bonds. The van der Waals surface area contributed by atoms with E-state index >= 15 is 0 Å². The molecule has 1 aromatic carbocycles. The summed E-state index contributed by atoms with van der Waals surface area (Å²) >= 11 is 6.10. The van der Waals surface area contributed by atoms with Crippen LogP contribution in [0.3, 0.4) is 0 Å². The van der Waals surface area contributed by atoms with E-state index < -0.39 is 11.6 Å². The quantitative estimate of drug-likeness (QED) is 0.532. The SMILES string of the molecule is CCCCOc1cc(O[C@@](C)(CC)C(=O)OC)ccc1Cl. The smallest absolute Gasteiger partial charge is 0.349 e. The number of hydrogen-bond donors (Lipinski definition) is 0. The van der Waals surface area contributed by atoms with Gasteiger partial charge in [0, 0.05) is 6.07 Å². The van der Waals surface area contributed by atoms with Crippen molar-refractivity contribution < 1.29 is 19.0 Å². The highest BCUT2D eigenvalue weighted by atomic mass is 35.5. The Kier molecular flexibility index (Phi) is 6.82. The van der Waals surface area contributed by atoms with Gasteiger partial charge < -0.3 is 14.2 Å². The lowest BCUT2D eigenvalue weighted by atomic mass is 10.0. The molecule has 0 aliphatic heterocycles. The average Bonchev–Trinajstić information content (AvgIpc) is 2.49. The Balaban J connectivity index is 2.88. The molecule has 0 fully saturated rings. The molecule has 1 rings (SSSR count). The molecule has 0 aliphatic carbocycles. The monoisotopic (exact) mass is 314 g/mol. The van der Waals surface area contributed by atoms with Crippen LogP contribution in [-0.2, 0) is 9.53 Å². The Morgan fingerprint density at radius 3 is 2.62 bits per heavy atom. The molecule has 118 valence electrons. The maximum atomic E-state index is 11.8. The van der Waals surface area contributed by atoms with Crippen LogP contribution in [0, 0.1) is 0 Å². The Labute approximate surface area is 131 Å². The zero-order valence-corrected chi connectivity index (χ0v) is 13.8. The van der Waals surface area contributed by atoms with Crippen LogP contribution in [0.2, 0.25) is 5.02 Å². The van der Waals surface area contributed by atoms with Crippen LogP contribution >= 0.6 is 11.6 Å². The molecule has 4 nitrogen and oxygen atoms in total. The van der Waals surface area contributed by atoms with Crippen molar-refractivity contribution in [3.8, 4) is 11.5 Å². The number of hydrogen-bond acceptors (Lipinski definition) is 4. The van der Waals surface area contributed by atoms with Crippen molar-refractivity contribution in [1.29, 1.82) is 0 Å². The number of carbonyl (C=O) groups excluding carboxylic acids is 1. The van der Waals surface area contributed by atoms with Gasteiger partial charge in [0.05, 0.1) is 18.7 Å². The molecular formula is C16H23ClO4. The highest BCUT2D eigenvalue weighted by Gasteiger charge is 2.35. The van der Waals surface area contributed by atoms with Crippen molar-refractivity contribution in [2.45, 2.75) is 45.6 Å². The molecule has 0 N–H and O–H groups in total. The third-order valence-corrected chi connectivity index (χ3v) is 3.61. The first-order valence-corrected chi connectivity index (χ1v) is 7.54. The molecule has 0 aromatic heterocycles. The van der Waals surface area contributed by atoms with E-state index in [1.54, 1.807) is 25.1 Å². The lowest BCUT2D eigenvalue weighted by molar-refractivity contribution is -0.157. The molecule has 0 heterocycles. The second kappa shape index (κ2) is 8.13. The molecule has 0 saturated heterocycles. The molecule has 0 spiro atoms. The van der Waals surface area contributed by atoms with Crippen molar-refractivity contribution in [2.75, 3.05) is 13.7 Å². The van der Waals surface area contributed by atoms with E-state index in [0.29, 0.717) is 29.5 Å². The Bertz CT molecular complexity index is 475. The van der Waals surface area contributed by atoms with Gasteiger partial charge in [0.1, 0.15) is 11.5 Å². The van der Waals surface area contributed by atoms with Crippen molar-refractivity contribution in [3.63, 3.8) is 0 Å². The molecule has 0 saturated carbocycles. The van der Waals surface area contributed by atoms with E-state index in [4.69, 9.17) is 25.8 Å². The summed E-state index contributed by atoms with van der Waals surface area (Å²) in [5.74, 6) is 0.681. The predicted octanol–water partition coefficient (Wildman–Crippen LogP) is 4.24. The number of ether oxygens (including phenoxy) is 3. The predicted molar refractivity (Wildman–Crippen MR) is 83.2 cm³/mol. The third kappa shape index (κ3) is 4.81. The second-order valence-electron chi connectivity index (χ2n) is 4.97. The molecule has 1 atom stereocenters. The fraction of sp³-hybridized carbons (Fsp3) is 0.562. The highest BCUT2D eigenvalue weighted by Crippen LogP contribution is 2.32. The molecule has 0 unspecified atom stereocenters. The minimum absolute atomic E-state index is 0.409. The van der Waals surface area contributed by atoms with Crippen LogP contribution in [-0.4, -0.2) is 25.3 Å². The summed E-state index contributed by atoms with van der Waals surface area (Å²) in [6.45, 7) is 6.26. The summed E-state index contributed by atoms with van der Waals surface area (Å²) in [5.41, 5.74) is -1.02. The number of carbonyl (C=O) groups is 1. The van der Waals surface area contributed by atoms with Crippen molar-refractivity contribution in [2.24, 2.45) is 0 Å². The first kappa shape index (κ1) is 17.6. The number of esters is 1. The molecule has 1 aromatic rings. The fourth-order valence-electron chi connectivity index (χ4n) is 1.72. The molecule has 0 radical (unpaired) electrons. The van der Waals surface area contributed by atoms with Crippen LogP contribution in [0.4, 0.5) is 0 Å². The largest absolute Gasteiger partial charge is 0.492 e. The van der Waals surface area contributed by atoms with Crippen LogP contribution in [0.25, 0.3) is 0 Å². The van der Waals surface area contributed by atoms with Gasteiger partial charge in [-0.25, -0.2) is 4.79 Å². The van der Waals surface area contributed by atoms with E-state index in [1.807, 2.05) is 6.92 Å². The van der Waals surface area contributed by atoms with E-state index in [0.717, 1.165) is 12.8 Å². The van der Waals surface area contributed by atoms with Crippen LogP contribution < -0.4 is 9.47 Å². The van der Waals surface area contributed by atoms with Gasteiger partial charge in [0.2, 0.25) is 5.60 Å². The topological polar surface area (TPSA) is 44.8 Å². The molecular weight excluding hydrogens is 292 g/mol. The minimum Gasteiger partial charge on any atom is -0.492 e. The summed E-state index contributed by atoms with van der Waals surface area (Å²) in [4.78, 5) is 11.8. The Hall–Kier alpha value is -1.42. The summed E-state index contributed by atoms with van der Waals surface area (Å²) in [6, 6.07) is 5.12. The van der Waals surface area contributed by atoms with Crippen molar-refractivity contribution in [1.82, 2.24) is 0 Å². The number of unbranched alkanes of at least 4 members (excludes halogenated alkanes) is 1. The highest BCUT2D eigenvalue weighted by molar-refractivity contribution is 6.32. The van der Waals surface area contributed by atoms with Gasteiger partial charge in [-0.15, -0.1) is 0 Å². The number of rotatable bonds is 8. The van der Waals surface area contributed by atoms with Gasteiger partial charge in [0.25, 0.3) is 0 Å². The summed E-state index contributed by atoms with van der Waals surface area (Å²) in [7, 11) is 1.35. The molecule has 5 heteroatoms. The number of methoxy groups -OCH3 is 1. The van der Waals surface area contributed by atoms with Gasteiger partial charge in [0.15, 0.2) is 0 Å². The van der Waals surface area contributed by atoms with E-state index in [9.17, 15) is 4.79 Å². The van der Waals surface area contributed by atoms with Crippen molar-refractivity contribution >= 4 is 17.6 Å². The van der Waals surface area contributed by atoms with Crippen molar-refractivity contribution in [3.05, 3.63) is 23.2 Å². The summed E-state index contributed by atoms with van der Waals surface area (Å²) in [6.07, 6.45) is 2.49. The number of benzene rings is 1. The molecule has 21 heavy (non-hydrogen) atoms. The van der Waals surface area contributed by atoms with Crippen LogP contribution in [0.5, 0.6) is 11.5 Å². The van der Waals surface area contributed by atoms with Gasteiger partial charge in [-0.2, -0.15) is 0 Å². The zero-order valence-electron chi connectivity index (χ0n) is 13.1. The fourth-order valence-corrected chi connectivity index (χ4v) is 1.89. The van der Waals surface area contributed by atoms with Gasteiger partial charge >= 0.3 is 5.97 Å². The maximum Gasteiger partial charge on any atom is 0.349 e. The van der Waals surface area contributed by atoms with E-state index in [2.05, 4.69) is 6.92 Å². The molecule has 0 bridgehead atoms. The van der Waals surface area contributed by atoms with Crippen LogP contribution in [0.1, 0.15) is 40.0 Å². The average molecular weight is 315 g/mol. The lowest BCUT2D eigenvalue weighted by Crippen LogP contribution is -2.41. The van der Waals surface area contributed by atoms with E-state index in [-0.39, 0.29) is 0 Å². The first-order chi connectivity index (χ1) is 9.96. The Morgan fingerprint density at radius 1 is 1.33 bits per heavy atom.